The van der Waals surface area contributed by atoms with Gasteiger partial charge in [0.25, 0.3) is 0 Å². The average Bonchev–Trinajstić information content (AvgIpc) is 3.15. The van der Waals surface area contributed by atoms with E-state index >= 15 is 0 Å². The van der Waals surface area contributed by atoms with Gasteiger partial charge in [-0.2, -0.15) is 0 Å². The van der Waals surface area contributed by atoms with Crippen molar-refractivity contribution in [2.24, 2.45) is 7.05 Å². The van der Waals surface area contributed by atoms with Crippen LogP contribution in [0.15, 0.2) is 73.1 Å². The largest absolute Gasteiger partial charge is 0.497 e. The molecular formula is C26H24FN3O3. The van der Waals surface area contributed by atoms with E-state index in [2.05, 4.69) is 10.3 Å². The predicted molar refractivity (Wildman–Crippen MR) is 126 cm³/mol. The lowest BCUT2D eigenvalue weighted by Crippen LogP contribution is -2.11. The number of anilines is 1. The van der Waals surface area contributed by atoms with Crippen LogP contribution in [0, 0.1) is 5.82 Å². The van der Waals surface area contributed by atoms with Gasteiger partial charge in [-0.05, 0) is 53.1 Å². The van der Waals surface area contributed by atoms with E-state index in [0.717, 1.165) is 28.3 Å². The highest BCUT2D eigenvalue weighted by Gasteiger charge is 2.28. The van der Waals surface area contributed by atoms with Crippen molar-refractivity contribution in [3.8, 4) is 28.0 Å². The molecule has 0 spiro atoms. The van der Waals surface area contributed by atoms with E-state index in [1.165, 1.54) is 19.2 Å². The molecule has 4 aromatic rings. The van der Waals surface area contributed by atoms with Crippen molar-refractivity contribution in [2.75, 3.05) is 19.5 Å². The summed E-state index contributed by atoms with van der Waals surface area (Å²) in [5.74, 6) is 0.681. The first kappa shape index (κ1) is 22.1. The molecule has 2 aromatic carbocycles. The van der Waals surface area contributed by atoms with E-state index in [1.807, 2.05) is 36.4 Å². The molecule has 0 fully saturated rings. The van der Waals surface area contributed by atoms with Crippen molar-refractivity contribution >= 4 is 11.8 Å². The third-order valence-electron chi connectivity index (χ3n) is 5.49. The quantitative estimate of drug-likeness (QED) is 0.391. The summed E-state index contributed by atoms with van der Waals surface area (Å²) in [5.41, 5.74) is 4.45. The SMILES string of the molecule is COC(=O)c1c(-c2ccc(F)cc2)c(-c2ccncc2)c(NCc2ccc(OC)cc2)n1C. The second-order valence-corrected chi connectivity index (χ2v) is 7.44. The van der Waals surface area contributed by atoms with Crippen LogP contribution in [0.1, 0.15) is 16.1 Å². The summed E-state index contributed by atoms with van der Waals surface area (Å²) in [6, 6.07) is 17.6. The van der Waals surface area contributed by atoms with Gasteiger partial charge in [0.05, 0.1) is 14.2 Å². The number of benzene rings is 2. The van der Waals surface area contributed by atoms with Crippen LogP contribution in [0.25, 0.3) is 22.3 Å². The van der Waals surface area contributed by atoms with Crippen LogP contribution in [-0.2, 0) is 18.3 Å². The third kappa shape index (κ3) is 4.43. The van der Waals surface area contributed by atoms with Crippen LogP contribution in [0.4, 0.5) is 10.2 Å². The molecule has 168 valence electrons. The van der Waals surface area contributed by atoms with Crippen LogP contribution >= 0.6 is 0 Å². The third-order valence-corrected chi connectivity index (χ3v) is 5.49. The van der Waals surface area contributed by atoms with Crippen LogP contribution < -0.4 is 10.1 Å². The first-order valence-corrected chi connectivity index (χ1v) is 10.4. The van der Waals surface area contributed by atoms with Gasteiger partial charge in [-0.1, -0.05) is 24.3 Å². The van der Waals surface area contributed by atoms with E-state index in [0.29, 0.717) is 23.4 Å². The average molecular weight is 445 g/mol. The number of hydrogen-bond donors (Lipinski definition) is 1. The Labute approximate surface area is 191 Å². The maximum atomic E-state index is 13.7. The number of nitrogens with one attached hydrogen (secondary N) is 1. The Kier molecular flexibility index (Phi) is 6.40. The first-order chi connectivity index (χ1) is 16.0. The highest BCUT2D eigenvalue weighted by atomic mass is 19.1. The van der Waals surface area contributed by atoms with Crippen LogP contribution in [-0.4, -0.2) is 29.7 Å². The molecule has 0 radical (unpaired) electrons. The van der Waals surface area contributed by atoms with E-state index in [4.69, 9.17) is 9.47 Å². The molecule has 7 heteroatoms. The molecule has 0 unspecified atom stereocenters. The summed E-state index contributed by atoms with van der Waals surface area (Å²) >= 11 is 0. The minimum atomic E-state index is -0.482. The summed E-state index contributed by atoms with van der Waals surface area (Å²) < 4.78 is 25.8. The Hall–Kier alpha value is -4.13. The molecule has 2 aromatic heterocycles. The van der Waals surface area contributed by atoms with Crippen molar-refractivity contribution in [3.05, 3.63) is 90.1 Å². The number of carbonyl (C=O) groups is 1. The van der Waals surface area contributed by atoms with Gasteiger partial charge in [-0.15, -0.1) is 0 Å². The zero-order valence-electron chi connectivity index (χ0n) is 18.6. The Morgan fingerprint density at radius 2 is 1.58 bits per heavy atom. The molecule has 2 heterocycles. The predicted octanol–water partition coefficient (Wildman–Crippen LogP) is 5.30. The van der Waals surface area contributed by atoms with Gasteiger partial charge >= 0.3 is 5.97 Å². The molecule has 0 saturated carbocycles. The normalized spacial score (nSPS) is 10.7. The highest BCUT2D eigenvalue weighted by molar-refractivity contribution is 6.05. The maximum Gasteiger partial charge on any atom is 0.355 e. The summed E-state index contributed by atoms with van der Waals surface area (Å²) in [5, 5.41) is 3.47. The molecule has 1 N–H and O–H groups in total. The lowest BCUT2D eigenvalue weighted by molar-refractivity contribution is 0.0591. The minimum absolute atomic E-state index is 0.349. The van der Waals surface area contributed by atoms with Gasteiger partial charge in [-0.25, -0.2) is 9.18 Å². The first-order valence-electron chi connectivity index (χ1n) is 10.4. The molecule has 0 amide bonds. The van der Waals surface area contributed by atoms with Crippen LogP contribution in [0.5, 0.6) is 5.75 Å². The standard InChI is InChI=1S/C26H24FN3O3/c1-30-24(26(31)33-3)22(18-6-8-20(27)9-7-18)23(19-12-14-28-15-13-19)25(30)29-16-17-4-10-21(32-2)11-5-17/h4-15,29H,16H2,1-3H3. The number of aromatic nitrogens is 2. The molecule has 0 aliphatic carbocycles. The molecular weight excluding hydrogens is 421 g/mol. The summed E-state index contributed by atoms with van der Waals surface area (Å²) in [6.45, 7) is 0.517. The summed E-state index contributed by atoms with van der Waals surface area (Å²) in [6.07, 6.45) is 3.39. The second kappa shape index (κ2) is 9.56. The van der Waals surface area contributed by atoms with Crippen molar-refractivity contribution < 1.29 is 18.7 Å². The van der Waals surface area contributed by atoms with Crippen LogP contribution in [0.3, 0.4) is 0 Å². The van der Waals surface area contributed by atoms with Crippen LogP contribution in [0.2, 0.25) is 0 Å². The lowest BCUT2D eigenvalue weighted by atomic mass is 9.96. The molecule has 6 nitrogen and oxygen atoms in total. The van der Waals surface area contributed by atoms with E-state index in [1.54, 1.807) is 43.3 Å². The fourth-order valence-electron chi connectivity index (χ4n) is 3.85. The number of nitrogens with zero attached hydrogens (tertiary/aromatic N) is 2. The Bertz CT molecular complexity index is 1250. The maximum absolute atomic E-state index is 13.7. The number of carbonyl (C=O) groups excluding carboxylic acids is 1. The van der Waals surface area contributed by atoms with Gasteiger partial charge in [0, 0.05) is 37.1 Å². The van der Waals surface area contributed by atoms with E-state index < -0.39 is 5.97 Å². The zero-order chi connectivity index (χ0) is 23.4. The smallest absolute Gasteiger partial charge is 0.355 e. The number of esters is 1. The Morgan fingerprint density at radius 1 is 0.939 bits per heavy atom. The van der Waals surface area contributed by atoms with Crippen molar-refractivity contribution in [1.29, 1.82) is 0 Å². The molecule has 33 heavy (non-hydrogen) atoms. The number of halogens is 1. The van der Waals surface area contributed by atoms with Gasteiger partial charge in [-0.3, -0.25) is 4.98 Å². The van der Waals surface area contributed by atoms with Gasteiger partial charge in [0.1, 0.15) is 23.1 Å². The summed E-state index contributed by atoms with van der Waals surface area (Å²) in [4.78, 5) is 17.0. The molecule has 0 saturated heterocycles. The summed E-state index contributed by atoms with van der Waals surface area (Å²) in [7, 11) is 4.78. The lowest BCUT2D eigenvalue weighted by Gasteiger charge is -2.13. The second-order valence-electron chi connectivity index (χ2n) is 7.44. The number of pyridine rings is 1. The fraction of sp³-hybridized carbons (Fsp3) is 0.154. The zero-order valence-corrected chi connectivity index (χ0v) is 18.6. The Balaban J connectivity index is 1.89. The van der Waals surface area contributed by atoms with E-state index in [9.17, 15) is 9.18 Å². The fourth-order valence-corrected chi connectivity index (χ4v) is 3.85. The number of methoxy groups -OCH3 is 2. The van der Waals surface area contributed by atoms with Crippen molar-refractivity contribution in [1.82, 2.24) is 9.55 Å². The van der Waals surface area contributed by atoms with E-state index in [-0.39, 0.29) is 5.82 Å². The number of ether oxygens (including phenoxy) is 2. The Morgan fingerprint density at radius 3 is 2.18 bits per heavy atom. The number of rotatable bonds is 7. The number of hydrogen-bond acceptors (Lipinski definition) is 5. The highest BCUT2D eigenvalue weighted by Crippen LogP contribution is 2.43. The van der Waals surface area contributed by atoms with Gasteiger partial charge < -0.3 is 19.4 Å². The molecule has 0 aliphatic rings. The molecule has 0 atom stereocenters. The van der Waals surface area contributed by atoms with Gasteiger partial charge in [0.2, 0.25) is 0 Å². The van der Waals surface area contributed by atoms with Crippen molar-refractivity contribution in [3.63, 3.8) is 0 Å². The molecule has 0 bridgehead atoms. The minimum Gasteiger partial charge on any atom is -0.497 e. The van der Waals surface area contributed by atoms with Crippen molar-refractivity contribution in [2.45, 2.75) is 6.54 Å². The molecule has 0 aliphatic heterocycles. The topological polar surface area (TPSA) is 65.4 Å². The monoisotopic (exact) mass is 445 g/mol. The van der Waals surface area contributed by atoms with Gasteiger partial charge in [0.15, 0.2) is 0 Å². The molecule has 4 rings (SSSR count).